The Bertz CT molecular complexity index is 3250. The van der Waals surface area contributed by atoms with Crippen molar-refractivity contribution in [3.63, 3.8) is 0 Å². The van der Waals surface area contributed by atoms with E-state index < -0.39 is 0 Å². The van der Waals surface area contributed by atoms with Gasteiger partial charge in [-0.1, -0.05) is 163 Å². The lowest BCUT2D eigenvalue weighted by atomic mass is 9.98. The van der Waals surface area contributed by atoms with Crippen molar-refractivity contribution < 1.29 is 0 Å². The number of aryl methyl sites for hydroxylation is 1. The van der Waals surface area contributed by atoms with Gasteiger partial charge in [-0.25, -0.2) is 0 Å². The Morgan fingerprint density at radius 2 is 0.667 bits per heavy atom. The van der Waals surface area contributed by atoms with Crippen LogP contribution >= 0.6 is 0 Å². The van der Waals surface area contributed by atoms with Gasteiger partial charge in [0.2, 0.25) is 0 Å². The number of nitrogens with zero attached hydrogens (tertiary/aromatic N) is 2. The molecule has 11 aromatic rings. The van der Waals surface area contributed by atoms with Crippen molar-refractivity contribution >= 4 is 43.6 Å². The second-order valence-corrected chi connectivity index (χ2v) is 15.0. The average molecular weight is 727 g/mol. The zero-order chi connectivity index (χ0) is 37.9. The lowest BCUT2D eigenvalue weighted by Gasteiger charge is -2.12. The van der Waals surface area contributed by atoms with Crippen LogP contribution in [-0.2, 0) is 0 Å². The fourth-order valence-electron chi connectivity index (χ4n) is 8.81. The molecule has 0 unspecified atom stereocenters. The molecule has 9 aromatic carbocycles. The normalized spacial score (nSPS) is 11.6. The van der Waals surface area contributed by atoms with Crippen molar-refractivity contribution in [3.05, 3.63) is 218 Å². The second-order valence-electron chi connectivity index (χ2n) is 15.0. The molecule has 0 aliphatic carbocycles. The summed E-state index contributed by atoms with van der Waals surface area (Å²) in [6, 6.07) is 77.5. The van der Waals surface area contributed by atoms with Crippen LogP contribution in [0.5, 0.6) is 0 Å². The van der Waals surface area contributed by atoms with Gasteiger partial charge in [0.15, 0.2) is 0 Å². The van der Waals surface area contributed by atoms with Crippen molar-refractivity contribution in [3.8, 4) is 55.9 Å². The van der Waals surface area contributed by atoms with Crippen LogP contribution < -0.4 is 0 Å². The minimum atomic E-state index is 1.15. The first-order chi connectivity index (χ1) is 28.2. The third kappa shape index (κ3) is 5.57. The summed E-state index contributed by atoms with van der Waals surface area (Å²) in [5.74, 6) is 0. The summed E-state index contributed by atoms with van der Waals surface area (Å²) in [7, 11) is 0. The maximum atomic E-state index is 2.44. The average Bonchev–Trinajstić information content (AvgIpc) is 3.80. The lowest BCUT2D eigenvalue weighted by Crippen LogP contribution is -1.95. The zero-order valence-electron chi connectivity index (χ0n) is 31.6. The highest BCUT2D eigenvalue weighted by Crippen LogP contribution is 2.43. The van der Waals surface area contributed by atoms with Gasteiger partial charge in [-0.2, -0.15) is 0 Å². The Balaban J connectivity index is 1.03. The van der Waals surface area contributed by atoms with E-state index in [9.17, 15) is 0 Å². The van der Waals surface area contributed by atoms with Crippen molar-refractivity contribution in [2.45, 2.75) is 6.92 Å². The van der Waals surface area contributed by atoms with Crippen molar-refractivity contribution in [1.82, 2.24) is 9.13 Å². The molecule has 11 rings (SSSR count). The van der Waals surface area contributed by atoms with Crippen molar-refractivity contribution in [1.29, 1.82) is 0 Å². The van der Waals surface area contributed by atoms with Gasteiger partial charge in [-0.05, 0) is 106 Å². The minimum absolute atomic E-state index is 1.15. The standard InChI is InChI=1S/C55H38N2/c1-37-21-23-40(24-22-37)43-13-9-14-44(35-43)42-29-31-46(32-30-42)56-50-19-7-5-17-48(50)54-52(56)33-34-53-55(54)49-18-6-8-20-51(49)57(53)47-16-10-15-45(36-47)41-27-25-39(26-28-41)38-11-3-2-4-12-38/h2-36H,1H3. The van der Waals surface area contributed by atoms with Crippen molar-refractivity contribution in [2.24, 2.45) is 0 Å². The molecule has 0 spiro atoms. The zero-order valence-corrected chi connectivity index (χ0v) is 31.6. The van der Waals surface area contributed by atoms with Crippen LogP contribution in [0, 0.1) is 6.92 Å². The lowest BCUT2D eigenvalue weighted by molar-refractivity contribution is 1.17. The van der Waals surface area contributed by atoms with Gasteiger partial charge in [0.1, 0.15) is 0 Å². The largest absolute Gasteiger partial charge is 0.309 e. The smallest absolute Gasteiger partial charge is 0.0548 e. The maximum Gasteiger partial charge on any atom is 0.0548 e. The van der Waals surface area contributed by atoms with Crippen LogP contribution in [-0.4, -0.2) is 9.13 Å². The molecule has 268 valence electrons. The highest BCUT2D eigenvalue weighted by Gasteiger charge is 2.20. The topological polar surface area (TPSA) is 9.86 Å². The van der Waals surface area contributed by atoms with E-state index in [1.165, 1.54) is 93.7 Å². The summed E-state index contributed by atoms with van der Waals surface area (Å²) in [6.45, 7) is 2.13. The van der Waals surface area contributed by atoms with Gasteiger partial charge in [-0.3, -0.25) is 0 Å². The van der Waals surface area contributed by atoms with Crippen LogP contribution in [0.1, 0.15) is 5.56 Å². The highest BCUT2D eigenvalue weighted by atomic mass is 15.0. The van der Waals surface area contributed by atoms with Gasteiger partial charge in [0.25, 0.3) is 0 Å². The van der Waals surface area contributed by atoms with Crippen LogP contribution in [0.3, 0.4) is 0 Å². The molecule has 2 heteroatoms. The first kappa shape index (κ1) is 33.0. The minimum Gasteiger partial charge on any atom is -0.309 e. The number of aromatic nitrogens is 2. The number of para-hydroxylation sites is 2. The molecule has 0 saturated heterocycles. The predicted molar refractivity (Wildman–Crippen MR) is 242 cm³/mol. The van der Waals surface area contributed by atoms with E-state index >= 15 is 0 Å². The Kier molecular flexibility index (Phi) is 7.75. The number of rotatable bonds is 6. The molecule has 0 aliphatic heterocycles. The van der Waals surface area contributed by atoms with Gasteiger partial charge < -0.3 is 9.13 Å². The van der Waals surface area contributed by atoms with Crippen LogP contribution in [0.15, 0.2) is 212 Å². The monoisotopic (exact) mass is 726 g/mol. The molecular weight excluding hydrogens is 689 g/mol. The fourth-order valence-corrected chi connectivity index (χ4v) is 8.81. The van der Waals surface area contributed by atoms with E-state index in [0.29, 0.717) is 0 Å². The molecule has 0 atom stereocenters. The SMILES string of the molecule is Cc1ccc(-c2cccc(-c3ccc(-n4c5ccccc5c5c6c7ccccc7n(-c7cccc(-c8ccc(-c9ccccc9)cc8)c7)c6ccc54)cc3)c2)cc1. The first-order valence-corrected chi connectivity index (χ1v) is 19.7. The summed E-state index contributed by atoms with van der Waals surface area (Å²) < 4.78 is 4.88. The number of benzene rings is 9. The Hall–Kier alpha value is -7.42. The molecule has 2 heterocycles. The Morgan fingerprint density at radius 1 is 0.263 bits per heavy atom. The van der Waals surface area contributed by atoms with E-state index in [2.05, 4.69) is 228 Å². The van der Waals surface area contributed by atoms with E-state index in [-0.39, 0.29) is 0 Å². The van der Waals surface area contributed by atoms with Crippen LogP contribution in [0.4, 0.5) is 0 Å². The number of hydrogen-bond acceptors (Lipinski definition) is 0. The van der Waals surface area contributed by atoms with Crippen LogP contribution in [0.2, 0.25) is 0 Å². The fraction of sp³-hybridized carbons (Fsp3) is 0.0182. The summed E-state index contributed by atoms with van der Waals surface area (Å²) in [5.41, 5.74) is 18.1. The van der Waals surface area contributed by atoms with Gasteiger partial charge in [0.05, 0.1) is 22.1 Å². The molecule has 0 N–H and O–H groups in total. The van der Waals surface area contributed by atoms with Crippen LogP contribution in [0.25, 0.3) is 99.5 Å². The second kappa shape index (κ2) is 13.4. The molecular formula is C55H38N2. The summed E-state index contributed by atoms with van der Waals surface area (Å²) in [4.78, 5) is 0. The quantitative estimate of drug-likeness (QED) is 0.161. The molecule has 0 amide bonds. The van der Waals surface area contributed by atoms with Crippen molar-refractivity contribution in [2.75, 3.05) is 0 Å². The highest BCUT2D eigenvalue weighted by molar-refractivity contribution is 6.28. The third-order valence-electron chi connectivity index (χ3n) is 11.6. The molecule has 0 bridgehead atoms. The predicted octanol–water partition coefficient (Wildman–Crippen LogP) is 14.9. The molecule has 57 heavy (non-hydrogen) atoms. The Labute approximate surface area is 332 Å². The Morgan fingerprint density at radius 3 is 1.25 bits per heavy atom. The molecule has 2 aromatic heterocycles. The molecule has 0 aliphatic rings. The van der Waals surface area contributed by atoms with E-state index in [1.807, 2.05) is 0 Å². The first-order valence-electron chi connectivity index (χ1n) is 19.7. The molecule has 0 saturated carbocycles. The molecule has 0 fully saturated rings. The van der Waals surface area contributed by atoms with Gasteiger partial charge in [-0.15, -0.1) is 0 Å². The third-order valence-corrected chi connectivity index (χ3v) is 11.6. The summed E-state index contributed by atoms with van der Waals surface area (Å²) in [5, 5.41) is 5.06. The summed E-state index contributed by atoms with van der Waals surface area (Å²) >= 11 is 0. The van der Waals surface area contributed by atoms with E-state index in [1.54, 1.807) is 0 Å². The van der Waals surface area contributed by atoms with E-state index in [4.69, 9.17) is 0 Å². The van der Waals surface area contributed by atoms with E-state index in [0.717, 1.165) is 11.4 Å². The molecule has 2 nitrogen and oxygen atoms in total. The number of fused-ring (bicyclic) bond motifs is 7. The summed E-state index contributed by atoms with van der Waals surface area (Å²) in [6.07, 6.45) is 0. The van der Waals surface area contributed by atoms with Gasteiger partial charge >= 0.3 is 0 Å². The molecule has 0 radical (unpaired) electrons. The van der Waals surface area contributed by atoms with Gasteiger partial charge in [0, 0.05) is 32.9 Å². The number of hydrogen-bond donors (Lipinski definition) is 0. The maximum absolute atomic E-state index is 2.44.